The topological polar surface area (TPSA) is 81.0 Å². The lowest BCUT2D eigenvalue weighted by atomic mass is 9.79. The third kappa shape index (κ3) is 5.81. The summed E-state index contributed by atoms with van der Waals surface area (Å²) in [6, 6.07) is 3.60. The zero-order valence-electron chi connectivity index (χ0n) is 15.9. The lowest BCUT2D eigenvalue weighted by molar-refractivity contribution is -0.148. The van der Waals surface area contributed by atoms with E-state index in [1.165, 1.54) is 19.3 Å². The number of hydrogen-bond acceptors (Lipinski definition) is 6. The monoisotopic (exact) mass is 378 g/mol. The van der Waals surface area contributed by atoms with Crippen LogP contribution in [0.15, 0.2) is 22.8 Å². The average molecular weight is 378 g/mol. The van der Waals surface area contributed by atoms with Crippen molar-refractivity contribution in [2.24, 2.45) is 0 Å². The maximum Gasteiger partial charge on any atom is 0.306 e. The number of aryl methyl sites for hydroxylation is 1. The normalized spacial score (nSPS) is 20.1. The Morgan fingerprint density at radius 2 is 1.96 bits per heavy atom. The molecule has 0 radical (unpaired) electrons. The molecule has 0 atom stereocenters. The standard InChI is InChI=1S/C20H30N2O5/c23-18(15-27-19(24)7-6-17-5-4-12-26-17)21-16-20(8-2-1-3-9-20)22-10-13-25-14-11-22/h4-5,12H,1-3,6-11,13-16H2,(H,21,23). The van der Waals surface area contributed by atoms with E-state index in [0.717, 1.165) is 44.9 Å². The Morgan fingerprint density at radius 1 is 1.19 bits per heavy atom. The molecule has 0 aromatic carbocycles. The summed E-state index contributed by atoms with van der Waals surface area (Å²) in [7, 11) is 0. The van der Waals surface area contributed by atoms with Gasteiger partial charge in [0.05, 0.1) is 25.9 Å². The molecule has 27 heavy (non-hydrogen) atoms. The van der Waals surface area contributed by atoms with Crippen molar-refractivity contribution in [3.05, 3.63) is 24.2 Å². The Morgan fingerprint density at radius 3 is 2.67 bits per heavy atom. The largest absolute Gasteiger partial charge is 0.469 e. The van der Waals surface area contributed by atoms with Crippen LogP contribution in [0.1, 0.15) is 44.3 Å². The fourth-order valence-electron chi connectivity index (χ4n) is 4.06. The van der Waals surface area contributed by atoms with Gasteiger partial charge in [-0.15, -0.1) is 0 Å². The fourth-order valence-corrected chi connectivity index (χ4v) is 4.06. The predicted molar refractivity (Wildman–Crippen MR) is 99.2 cm³/mol. The van der Waals surface area contributed by atoms with Crippen LogP contribution in [0.3, 0.4) is 0 Å². The minimum atomic E-state index is -0.387. The van der Waals surface area contributed by atoms with Crippen molar-refractivity contribution in [1.29, 1.82) is 0 Å². The Kier molecular flexibility index (Phi) is 7.29. The number of nitrogens with one attached hydrogen (secondary N) is 1. The van der Waals surface area contributed by atoms with Crippen molar-refractivity contribution in [1.82, 2.24) is 10.2 Å². The Bertz CT molecular complexity index is 590. The summed E-state index contributed by atoms with van der Waals surface area (Å²) in [6.07, 6.45) is 8.08. The van der Waals surface area contributed by atoms with Crippen LogP contribution < -0.4 is 5.32 Å². The van der Waals surface area contributed by atoms with E-state index in [4.69, 9.17) is 13.9 Å². The molecule has 1 aromatic rings. The highest BCUT2D eigenvalue weighted by Gasteiger charge is 2.38. The highest BCUT2D eigenvalue weighted by Crippen LogP contribution is 2.33. The molecule has 2 aliphatic rings. The number of rotatable bonds is 8. The number of hydrogen-bond donors (Lipinski definition) is 1. The smallest absolute Gasteiger partial charge is 0.306 e. The SMILES string of the molecule is O=C(COC(=O)CCc1ccco1)NCC1(N2CCOCC2)CCCCC1. The highest BCUT2D eigenvalue weighted by atomic mass is 16.5. The summed E-state index contributed by atoms with van der Waals surface area (Å²) >= 11 is 0. The van der Waals surface area contributed by atoms with Gasteiger partial charge in [-0.3, -0.25) is 14.5 Å². The van der Waals surface area contributed by atoms with Gasteiger partial charge in [0.1, 0.15) is 5.76 Å². The molecular formula is C20H30N2O5. The van der Waals surface area contributed by atoms with Crippen molar-refractivity contribution < 1.29 is 23.5 Å². The van der Waals surface area contributed by atoms with Gasteiger partial charge in [0.15, 0.2) is 6.61 Å². The Hall–Kier alpha value is -1.86. The van der Waals surface area contributed by atoms with E-state index < -0.39 is 0 Å². The summed E-state index contributed by atoms with van der Waals surface area (Å²) in [5, 5.41) is 3.00. The number of esters is 1. The van der Waals surface area contributed by atoms with E-state index in [1.54, 1.807) is 12.3 Å². The summed E-state index contributed by atoms with van der Waals surface area (Å²) < 4.78 is 15.8. The first-order valence-electron chi connectivity index (χ1n) is 9.95. The van der Waals surface area contributed by atoms with Crippen LogP contribution in [0.5, 0.6) is 0 Å². The van der Waals surface area contributed by atoms with Gasteiger partial charge in [0.2, 0.25) is 0 Å². The van der Waals surface area contributed by atoms with Gasteiger partial charge in [-0.2, -0.15) is 0 Å². The predicted octanol–water partition coefficient (Wildman–Crippen LogP) is 1.91. The molecule has 1 aliphatic carbocycles. The Labute approximate surface area is 160 Å². The van der Waals surface area contributed by atoms with Crippen molar-refractivity contribution in [2.75, 3.05) is 39.5 Å². The summed E-state index contributed by atoms with van der Waals surface area (Å²) in [6.45, 7) is 3.72. The minimum absolute atomic E-state index is 0.0149. The van der Waals surface area contributed by atoms with E-state index >= 15 is 0 Å². The molecule has 1 N–H and O–H groups in total. The van der Waals surface area contributed by atoms with Crippen LogP contribution in [-0.4, -0.2) is 61.8 Å². The van der Waals surface area contributed by atoms with Gasteiger partial charge in [-0.1, -0.05) is 19.3 Å². The summed E-state index contributed by atoms with van der Waals surface area (Å²) in [4.78, 5) is 26.5. The second kappa shape index (κ2) is 9.90. The number of carbonyl (C=O) groups excluding carboxylic acids is 2. The molecule has 1 saturated heterocycles. The first-order chi connectivity index (χ1) is 13.2. The number of nitrogens with zero attached hydrogens (tertiary/aromatic N) is 1. The minimum Gasteiger partial charge on any atom is -0.469 e. The van der Waals surface area contributed by atoms with Gasteiger partial charge in [-0.05, 0) is 25.0 Å². The first kappa shape index (κ1) is 19.9. The molecule has 1 amide bonds. The maximum absolute atomic E-state index is 12.2. The molecule has 0 bridgehead atoms. The molecule has 0 spiro atoms. The first-order valence-corrected chi connectivity index (χ1v) is 9.95. The molecule has 7 heteroatoms. The van der Waals surface area contributed by atoms with E-state index in [-0.39, 0.29) is 30.4 Å². The molecule has 1 aromatic heterocycles. The maximum atomic E-state index is 12.2. The molecule has 2 fully saturated rings. The molecule has 2 heterocycles. The molecule has 1 aliphatic heterocycles. The number of furan rings is 1. The molecule has 150 valence electrons. The lowest BCUT2D eigenvalue weighted by Gasteiger charge is -2.48. The zero-order valence-corrected chi connectivity index (χ0v) is 15.9. The van der Waals surface area contributed by atoms with Crippen LogP contribution in [0, 0.1) is 0 Å². The van der Waals surface area contributed by atoms with Crippen molar-refractivity contribution in [2.45, 2.75) is 50.5 Å². The van der Waals surface area contributed by atoms with Crippen molar-refractivity contribution in [3.63, 3.8) is 0 Å². The van der Waals surface area contributed by atoms with Crippen LogP contribution >= 0.6 is 0 Å². The molecule has 1 saturated carbocycles. The molecule has 3 rings (SSSR count). The second-order valence-corrected chi connectivity index (χ2v) is 7.40. The van der Waals surface area contributed by atoms with Gasteiger partial charge < -0.3 is 19.2 Å². The quantitative estimate of drug-likeness (QED) is 0.696. The van der Waals surface area contributed by atoms with Crippen molar-refractivity contribution in [3.8, 4) is 0 Å². The third-order valence-corrected chi connectivity index (χ3v) is 5.60. The van der Waals surface area contributed by atoms with Gasteiger partial charge in [0.25, 0.3) is 5.91 Å². The second-order valence-electron chi connectivity index (χ2n) is 7.40. The third-order valence-electron chi connectivity index (χ3n) is 5.60. The number of ether oxygens (including phenoxy) is 2. The van der Waals surface area contributed by atoms with Crippen LogP contribution in [-0.2, 0) is 25.5 Å². The van der Waals surface area contributed by atoms with E-state index in [2.05, 4.69) is 10.2 Å². The highest BCUT2D eigenvalue weighted by molar-refractivity contribution is 5.80. The number of amides is 1. The Balaban J connectivity index is 1.41. The van der Waals surface area contributed by atoms with Crippen LogP contribution in [0.2, 0.25) is 0 Å². The molecule has 7 nitrogen and oxygen atoms in total. The van der Waals surface area contributed by atoms with E-state index in [9.17, 15) is 9.59 Å². The van der Waals surface area contributed by atoms with E-state index in [1.807, 2.05) is 6.07 Å². The number of morpholine rings is 1. The molecular weight excluding hydrogens is 348 g/mol. The fraction of sp³-hybridized carbons (Fsp3) is 0.700. The summed E-state index contributed by atoms with van der Waals surface area (Å²) in [5.41, 5.74) is 0.0149. The van der Waals surface area contributed by atoms with Gasteiger partial charge in [0, 0.05) is 31.6 Å². The average Bonchev–Trinajstić information content (AvgIpc) is 3.24. The van der Waals surface area contributed by atoms with Gasteiger partial charge in [-0.25, -0.2) is 0 Å². The molecule has 0 unspecified atom stereocenters. The van der Waals surface area contributed by atoms with Gasteiger partial charge >= 0.3 is 5.97 Å². The number of carbonyl (C=O) groups is 2. The van der Waals surface area contributed by atoms with E-state index in [0.29, 0.717) is 13.0 Å². The van der Waals surface area contributed by atoms with Crippen LogP contribution in [0.25, 0.3) is 0 Å². The van der Waals surface area contributed by atoms with Crippen molar-refractivity contribution >= 4 is 11.9 Å². The lowest BCUT2D eigenvalue weighted by Crippen LogP contribution is -2.59. The van der Waals surface area contributed by atoms with Crippen LogP contribution in [0.4, 0.5) is 0 Å². The zero-order chi connectivity index (χ0) is 19.0. The summed E-state index contributed by atoms with van der Waals surface area (Å²) in [5.74, 6) is 0.114.